The fraction of sp³-hybridized carbons (Fsp3) is 0.357. The quantitative estimate of drug-likeness (QED) is 0.785. The Labute approximate surface area is 122 Å². The topological polar surface area (TPSA) is 57.7 Å². The Bertz CT molecular complexity index is 542. The van der Waals surface area contributed by atoms with Crippen LogP contribution < -0.4 is 0 Å². The Morgan fingerprint density at radius 1 is 1.10 bits per heavy atom. The van der Waals surface area contributed by atoms with Crippen LogP contribution in [0, 0.1) is 0 Å². The fourth-order valence-corrected chi connectivity index (χ4v) is 2.16. The van der Waals surface area contributed by atoms with Crippen molar-refractivity contribution >= 4 is 29.2 Å². The van der Waals surface area contributed by atoms with Crippen molar-refractivity contribution in [3.8, 4) is 0 Å². The highest BCUT2D eigenvalue weighted by Crippen LogP contribution is 2.12. The van der Waals surface area contributed by atoms with E-state index in [1.54, 1.807) is 24.3 Å². The second-order valence-electron chi connectivity index (χ2n) is 4.59. The monoisotopic (exact) mass is 294 g/mol. The molecule has 1 aromatic carbocycles. The van der Waals surface area contributed by atoms with E-state index in [1.807, 2.05) is 6.92 Å². The minimum Gasteiger partial charge on any atom is -0.332 e. The normalized spacial score (nSPS) is 15.7. The predicted octanol–water partition coefficient (Wildman–Crippen LogP) is 1.21. The van der Waals surface area contributed by atoms with E-state index in [1.165, 1.54) is 9.80 Å². The lowest BCUT2D eigenvalue weighted by Gasteiger charge is -2.32. The number of likely N-dealkylation sites (N-methyl/N-ethyl adjacent to an activating group) is 1. The number of nitrogens with zero attached hydrogens (tertiary/aromatic N) is 2. The van der Waals surface area contributed by atoms with Gasteiger partial charge in [-0.15, -0.1) is 0 Å². The molecule has 1 heterocycles. The summed E-state index contributed by atoms with van der Waals surface area (Å²) in [5.41, 5.74) is 0.479. The van der Waals surface area contributed by atoms with Crippen molar-refractivity contribution in [2.75, 3.05) is 26.2 Å². The van der Waals surface area contributed by atoms with Crippen molar-refractivity contribution in [1.29, 1.82) is 0 Å². The highest BCUT2D eigenvalue weighted by atomic mass is 35.5. The summed E-state index contributed by atoms with van der Waals surface area (Å²) >= 11 is 5.76. The predicted molar refractivity (Wildman–Crippen MR) is 74.6 cm³/mol. The van der Waals surface area contributed by atoms with E-state index in [2.05, 4.69) is 0 Å². The van der Waals surface area contributed by atoms with Crippen molar-refractivity contribution in [2.24, 2.45) is 0 Å². The van der Waals surface area contributed by atoms with Gasteiger partial charge in [0.2, 0.25) is 11.8 Å². The summed E-state index contributed by atoms with van der Waals surface area (Å²) in [4.78, 5) is 38.5. The molecule has 106 valence electrons. The third kappa shape index (κ3) is 3.17. The lowest BCUT2D eigenvalue weighted by molar-refractivity contribution is -0.149. The molecule has 0 atom stereocenters. The van der Waals surface area contributed by atoms with Crippen LogP contribution in [0.1, 0.15) is 17.3 Å². The summed E-state index contributed by atoms with van der Waals surface area (Å²) < 4.78 is 0. The summed E-state index contributed by atoms with van der Waals surface area (Å²) in [6.45, 7) is 2.25. The first-order valence-corrected chi connectivity index (χ1v) is 6.73. The van der Waals surface area contributed by atoms with E-state index in [0.29, 0.717) is 17.1 Å². The number of halogens is 1. The van der Waals surface area contributed by atoms with Crippen LogP contribution in [0.2, 0.25) is 5.02 Å². The molecule has 0 saturated carbocycles. The third-order valence-electron chi connectivity index (χ3n) is 3.24. The Morgan fingerprint density at radius 2 is 1.65 bits per heavy atom. The largest absolute Gasteiger partial charge is 0.332 e. The average molecular weight is 295 g/mol. The first kappa shape index (κ1) is 14.5. The zero-order valence-corrected chi connectivity index (χ0v) is 11.9. The van der Waals surface area contributed by atoms with Gasteiger partial charge in [0.25, 0.3) is 0 Å². The summed E-state index contributed by atoms with van der Waals surface area (Å²) in [5, 5.41) is 0.546. The van der Waals surface area contributed by atoms with Crippen molar-refractivity contribution in [3.05, 3.63) is 34.9 Å². The number of hydrogen-bond acceptors (Lipinski definition) is 3. The molecule has 0 spiro atoms. The molecule has 20 heavy (non-hydrogen) atoms. The van der Waals surface area contributed by atoms with Gasteiger partial charge >= 0.3 is 0 Å². The third-order valence-corrected chi connectivity index (χ3v) is 3.49. The fourth-order valence-electron chi connectivity index (χ4n) is 2.04. The van der Waals surface area contributed by atoms with Crippen LogP contribution in [0.5, 0.6) is 0 Å². The zero-order valence-electron chi connectivity index (χ0n) is 11.1. The number of Topliss-reactive ketones (excluding diaryl/α,β-unsaturated/α-hetero) is 1. The molecule has 1 fully saturated rings. The van der Waals surface area contributed by atoms with Gasteiger partial charge in [0.1, 0.15) is 6.54 Å². The van der Waals surface area contributed by atoms with Crippen molar-refractivity contribution in [2.45, 2.75) is 6.92 Å². The zero-order chi connectivity index (χ0) is 14.7. The van der Waals surface area contributed by atoms with Crippen LogP contribution in [-0.4, -0.2) is 53.6 Å². The molecule has 2 amide bonds. The highest BCUT2D eigenvalue weighted by molar-refractivity contribution is 6.30. The molecular formula is C14H15ClN2O3. The maximum atomic E-state index is 12.1. The number of carbonyl (C=O) groups excluding carboxylic acids is 3. The molecule has 6 heteroatoms. The van der Waals surface area contributed by atoms with Crippen molar-refractivity contribution in [1.82, 2.24) is 9.80 Å². The molecular weight excluding hydrogens is 280 g/mol. The molecule has 0 aliphatic carbocycles. The second kappa shape index (κ2) is 6.05. The van der Waals surface area contributed by atoms with Crippen LogP contribution in [0.15, 0.2) is 24.3 Å². The maximum Gasteiger partial charge on any atom is 0.243 e. The minimum atomic E-state index is -0.201. The number of benzene rings is 1. The molecule has 2 rings (SSSR count). The van der Waals surface area contributed by atoms with Crippen molar-refractivity contribution in [3.63, 3.8) is 0 Å². The lowest BCUT2D eigenvalue weighted by Crippen LogP contribution is -2.54. The summed E-state index contributed by atoms with van der Waals surface area (Å²) in [6, 6.07) is 6.46. The SMILES string of the molecule is CCN1CC(=O)N(CC(=O)c2ccc(Cl)cc2)CC1=O. The molecule has 1 saturated heterocycles. The molecule has 0 bridgehead atoms. The molecule has 0 radical (unpaired) electrons. The summed E-state index contributed by atoms with van der Waals surface area (Å²) in [6.07, 6.45) is 0. The van der Waals surface area contributed by atoms with Crippen LogP contribution in [0.4, 0.5) is 0 Å². The van der Waals surface area contributed by atoms with Gasteiger partial charge in [0.15, 0.2) is 5.78 Å². The number of ketones is 1. The van der Waals surface area contributed by atoms with E-state index in [0.717, 1.165) is 0 Å². The Hall–Kier alpha value is -1.88. The Kier molecular flexibility index (Phi) is 4.39. The second-order valence-corrected chi connectivity index (χ2v) is 5.02. The van der Waals surface area contributed by atoms with Gasteiger partial charge in [-0.2, -0.15) is 0 Å². The van der Waals surface area contributed by atoms with Crippen LogP contribution >= 0.6 is 11.6 Å². The molecule has 1 aromatic rings. The molecule has 5 nitrogen and oxygen atoms in total. The van der Waals surface area contributed by atoms with E-state index >= 15 is 0 Å². The smallest absolute Gasteiger partial charge is 0.243 e. The first-order chi connectivity index (χ1) is 9.51. The molecule has 0 unspecified atom stereocenters. The van der Waals surface area contributed by atoms with E-state index in [-0.39, 0.29) is 37.2 Å². The van der Waals surface area contributed by atoms with E-state index in [9.17, 15) is 14.4 Å². The van der Waals surface area contributed by atoms with Gasteiger partial charge in [-0.05, 0) is 31.2 Å². The summed E-state index contributed by atoms with van der Waals surface area (Å²) in [5.74, 6) is -0.530. The van der Waals surface area contributed by atoms with Crippen LogP contribution in [0.25, 0.3) is 0 Å². The Morgan fingerprint density at radius 3 is 2.25 bits per heavy atom. The first-order valence-electron chi connectivity index (χ1n) is 6.35. The van der Waals surface area contributed by atoms with Gasteiger partial charge < -0.3 is 9.80 Å². The maximum absolute atomic E-state index is 12.1. The number of amides is 2. The van der Waals surface area contributed by atoms with Crippen LogP contribution in [-0.2, 0) is 9.59 Å². The van der Waals surface area contributed by atoms with Crippen LogP contribution in [0.3, 0.4) is 0 Å². The van der Waals surface area contributed by atoms with Gasteiger partial charge in [0.05, 0.1) is 13.1 Å². The molecule has 1 aliphatic rings. The number of rotatable bonds is 4. The molecule has 1 aliphatic heterocycles. The average Bonchev–Trinajstić information content (AvgIpc) is 2.43. The van der Waals surface area contributed by atoms with Gasteiger partial charge in [-0.25, -0.2) is 0 Å². The molecule has 0 aromatic heterocycles. The van der Waals surface area contributed by atoms with Gasteiger partial charge in [0, 0.05) is 17.1 Å². The standard InChI is InChI=1S/C14H15ClN2O3/c1-2-16-8-14(20)17(9-13(16)19)7-12(18)10-3-5-11(15)6-4-10/h3-6H,2,7-9H2,1H3. The van der Waals surface area contributed by atoms with Gasteiger partial charge in [-0.1, -0.05) is 11.6 Å². The number of hydrogen-bond donors (Lipinski definition) is 0. The highest BCUT2D eigenvalue weighted by Gasteiger charge is 2.30. The van der Waals surface area contributed by atoms with Crippen molar-refractivity contribution < 1.29 is 14.4 Å². The van der Waals surface area contributed by atoms with Gasteiger partial charge in [-0.3, -0.25) is 14.4 Å². The number of carbonyl (C=O) groups is 3. The summed E-state index contributed by atoms with van der Waals surface area (Å²) in [7, 11) is 0. The lowest BCUT2D eigenvalue weighted by atomic mass is 10.1. The Balaban J connectivity index is 2.03. The number of piperazine rings is 1. The minimum absolute atomic E-state index is 0.0357. The van der Waals surface area contributed by atoms with E-state index in [4.69, 9.17) is 11.6 Å². The molecule has 0 N–H and O–H groups in total. The van der Waals surface area contributed by atoms with E-state index < -0.39 is 0 Å².